The van der Waals surface area contributed by atoms with E-state index in [0.29, 0.717) is 17.2 Å². The molecule has 2 aromatic rings. The van der Waals surface area contributed by atoms with Gasteiger partial charge in [0, 0.05) is 6.07 Å². The molecule has 2 rings (SSSR count). The summed E-state index contributed by atoms with van der Waals surface area (Å²) in [5, 5.41) is 3.74. The van der Waals surface area contributed by atoms with Crippen molar-refractivity contribution >= 4 is 10.0 Å². The second kappa shape index (κ2) is 5.64. The van der Waals surface area contributed by atoms with Crippen LogP contribution in [0.15, 0.2) is 33.7 Å². The second-order valence-corrected chi connectivity index (χ2v) is 6.14. The van der Waals surface area contributed by atoms with Gasteiger partial charge in [-0.05, 0) is 31.5 Å². The van der Waals surface area contributed by atoms with Crippen molar-refractivity contribution in [3.63, 3.8) is 0 Å². The molecule has 0 atom stereocenters. The highest BCUT2D eigenvalue weighted by Gasteiger charge is 2.19. The first-order valence-electron chi connectivity index (χ1n) is 5.99. The Labute approximate surface area is 117 Å². The molecule has 0 fully saturated rings. The van der Waals surface area contributed by atoms with Crippen molar-refractivity contribution in [2.45, 2.75) is 25.3 Å². The van der Waals surface area contributed by atoms with Crippen LogP contribution in [0, 0.1) is 13.8 Å². The minimum absolute atomic E-state index is 0.0662. The van der Waals surface area contributed by atoms with E-state index >= 15 is 0 Å². The Morgan fingerprint density at radius 2 is 2.05 bits per heavy atom. The molecule has 108 valence electrons. The maximum atomic E-state index is 12.3. The van der Waals surface area contributed by atoms with Crippen LogP contribution >= 0.6 is 0 Å². The molecule has 1 aromatic heterocycles. The first kappa shape index (κ1) is 14.5. The summed E-state index contributed by atoms with van der Waals surface area (Å²) in [4.78, 5) is 0.111. The standard InChI is InChI=1S/C13H16N2O4S/c1-9-4-5-12(18-3)13(6-9)20(16,17)14-8-11-7-10(2)19-15-11/h4-7,14H,8H2,1-3H3. The van der Waals surface area contributed by atoms with Gasteiger partial charge < -0.3 is 9.26 Å². The van der Waals surface area contributed by atoms with Gasteiger partial charge in [0.15, 0.2) is 0 Å². The third-order valence-electron chi connectivity index (χ3n) is 2.73. The molecule has 1 aromatic carbocycles. The summed E-state index contributed by atoms with van der Waals surface area (Å²) in [6.07, 6.45) is 0. The number of nitrogens with one attached hydrogen (secondary N) is 1. The average Bonchev–Trinajstić information content (AvgIpc) is 2.82. The third-order valence-corrected chi connectivity index (χ3v) is 4.15. The van der Waals surface area contributed by atoms with Gasteiger partial charge in [-0.2, -0.15) is 0 Å². The van der Waals surface area contributed by atoms with Crippen molar-refractivity contribution in [2.75, 3.05) is 7.11 Å². The van der Waals surface area contributed by atoms with Crippen molar-refractivity contribution in [3.8, 4) is 5.75 Å². The van der Waals surface area contributed by atoms with Gasteiger partial charge in [0.2, 0.25) is 10.0 Å². The van der Waals surface area contributed by atoms with Gasteiger partial charge in [-0.15, -0.1) is 0 Å². The van der Waals surface area contributed by atoms with Crippen molar-refractivity contribution < 1.29 is 17.7 Å². The lowest BCUT2D eigenvalue weighted by Gasteiger charge is -2.10. The van der Waals surface area contributed by atoms with E-state index in [1.807, 2.05) is 6.92 Å². The summed E-state index contributed by atoms with van der Waals surface area (Å²) < 4.78 is 37.0. The normalized spacial score (nSPS) is 11.6. The first-order valence-corrected chi connectivity index (χ1v) is 7.47. The molecule has 0 amide bonds. The van der Waals surface area contributed by atoms with Crippen LogP contribution in [0.1, 0.15) is 17.0 Å². The molecule has 1 heterocycles. The molecule has 0 spiro atoms. The number of hydrogen-bond donors (Lipinski definition) is 1. The maximum Gasteiger partial charge on any atom is 0.244 e. The fourth-order valence-corrected chi connectivity index (χ4v) is 2.99. The van der Waals surface area contributed by atoms with Crippen LogP contribution in [0.2, 0.25) is 0 Å². The lowest BCUT2D eigenvalue weighted by atomic mass is 10.2. The molecule has 0 aliphatic carbocycles. The van der Waals surface area contributed by atoms with Gasteiger partial charge in [0.1, 0.15) is 16.4 Å². The molecule has 0 radical (unpaired) electrons. The molecule has 0 aliphatic rings. The van der Waals surface area contributed by atoms with Crippen LogP contribution in [-0.4, -0.2) is 20.7 Å². The zero-order chi connectivity index (χ0) is 14.8. The van der Waals surface area contributed by atoms with E-state index in [9.17, 15) is 8.42 Å². The third kappa shape index (κ3) is 3.17. The highest BCUT2D eigenvalue weighted by molar-refractivity contribution is 7.89. The monoisotopic (exact) mass is 296 g/mol. The lowest BCUT2D eigenvalue weighted by Crippen LogP contribution is -2.24. The highest BCUT2D eigenvalue weighted by atomic mass is 32.2. The summed E-state index contributed by atoms with van der Waals surface area (Å²) in [5.74, 6) is 0.937. The van der Waals surface area contributed by atoms with Crippen LogP contribution in [0.4, 0.5) is 0 Å². The van der Waals surface area contributed by atoms with E-state index < -0.39 is 10.0 Å². The van der Waals surface area contributed by atoms with Gasteiger partial charge in [-0.3, -0.25) is 0 Å². The molecule has 1 N–H and O–H groups in total. The van der Waals surface area contributed by atoms with Crippen LogP contribution in [0.25, 0.3) is 0 Å². The van der Waals surface area contributed by atoms with E-state index in [-0.39, 0.29) is 11.4 Å². The molecule has 6 nitrogen and oxygen atoms in total. The molecule has 0 unspecified atom stereocenters. The number of ether oxygens (including phenoxy) is 1. The zero-order valence-electron chi connectivity index (χ0n) is 11.5. The van der Waals surface area contributed by atoms with E-state index in [1.165, 1.54) is 7.11 Å². The summed E-state index contributed by atoms with van der Waals surface area (Å²) >= 11 is 0. The van der Waals surface area contributed by atoms with E-state index in [1.54, 1.807) is 31.2 Å². The SMILES string of the molecule is COc1ccc(C)cc1S(=O)(=O)NCc1cc(C)on1. The van der Waals surface area contributed by atoms with Crippen LogP contribution in [0.3, 0.4) is 0 Å². The topological polar surface area (TPSA) is 81.4 Å². The highest BCUT2D eigenvalue weighted by Crippen LogP contribution is 2.24. The fourth-order valence-electron chi connectivity index (χ4n) is 1.74. The Balaban J connectivity index is 2.24. The number of methoxy groups -OCH3 is 1. The molecule has 0 saturated carbocycles. The van der Waals surface area contributed by atoms with E-state index in [4.69, 9.17) is 9.26 Å². The number of sulfonamides is 1. The Hall–Kier alpha value is -1.86. The second-order valence-electron chi connectivity index (χ2n) is 4.41. The largest absolute Gasteiger partial charge is 0.495 e. The van der Waals surface area contributed by atoms with Crippen LogP contribution in [0.5, 0.6) is 5.75 Å². The van der Waals surface area contributed by atoms with Gasteiger partial charge in [-0.25, -0.2) is 13.1 Å². The molecule has 20 heavy (non-hydrogen) atoms. The van der Waals surface area contributed by atoms with Crippen molar-refractivity contribution in [1.82, 2.24) is 9.88 Å². The number of aryl methyl sites for hydroxylation is 2. The first-order chi connectivity index (χ1) is 9.42. The molecular formula is C13H16N2O4S. The Morgan fingerprint density at radius 3 is 2.65 bits per heavy atom. The van der Waals surface area contributed by atoms with E-state index in [0.717, 1.165) is 5.56 Å². The predicted molar refractivity (Wildman–Crippen MR) is 73.0 cm³/mol. The van der Waals surface area contributed by atoms with E-state index in [2.05, 4.69) is 9.88 Å². The zero-order valence-corrected chi connectivity index (χ0v) is 12.3. The minimum Gasteiger partial charge on any atom is -0.495 e. The average molecular weight is 296 g/mol. The summed E-state index contributed by atoms with van der Waals surface area (Å²) in [6.45, 7) is 3.63. The Kier molecular flexibility index (Phi) is 4.10. The Morgan fingerprint density at radius 1 is 1.30 bits per heavy atom. The van der Waals surface area contributed by atoms with Crippen molar-refractivity contribution in [2.24, 2.45) is 0 Å². The summed E-state index contributed by atoms with van der Waals surface area (Å²) in [7, 11) is -2.24. The maximum absolute atomic E-state index is 12.3. The van der Waals surface area contributed by atoms with Crippen LogP contribution < -0.4 is 9.46 Å². The molecule has 0 saturated heterocycles. The number of rotatable bonds is 5. The summed E-state index contributed by atoms with van der Waals surface area (Å²) in [5.41, 5.74) is 1.36. The van der Waals surface area contributed by atoms with Crippen molar-refractivity contribution in [1.29, 1.82) is 0 Å². The predicted octanol–water partition coefficient (Wildman–Crippen LogP) is 1.78. The number of nitrogens with zero attached hydrogens (tertiary/aromatic N) is 1. The smallest absolute Gasteiger partial charge is 0.244 e. The fraction of sp³-hybridized carbons (Fsp3) is 0.308. The molecule has 0 aliphatic heterocycles. The number of benzene rings is 1. The lowest BCUT2D eigenvalue weighted by molar-refractivity contribution is 0.389. The molecule has 0 bridgehead atoms. The van der Waals surface area contributed by atoms with Crippen molar-refractivity contribution in [3.05, 3.63) is 41.3 Å². The minimum atomic E-state index is -3.67. The molecule has 7 heteroatoms. The van der Waals surface area contributed by atoms with Gasteiger partial charge in [0.05, 0.1) is 19.3 Å². The van der Waals surface area contributed by atoms with Gasteiger partial charge in [-0.1, -0.05) is 11.2 Å². The number of hydrogen-bond acceptors (Lipinski definition) is 5. The quantitative estimate of drug-likeness (QED) is 0.909. The molecular weight excluding hydrogens is 280 g/mol. The Bertz CT molecular complexity index is 707. The van der Waals surface area contributed by atoms with Gasteiger partial charge >= 0.3 is 0 Å². The van der Waals surface area contributed by atoms with Crippen LogP contribution in [-0.2, 0) is 16.6 Å². The number of aromatic nitrogens is 1. The van der Waals surface area contributed by atoms with Gasteiger partial charge in [0.25, 0.3) is 0 Å². The summed E-state index contributed by atoms with van der Waals surface area (Å²) in [6, 6.07) is 6.66.